The molecule has 0 bridgehead atoms. The largest absolute Gasteiger partial charge is 0.497 e. The topological polar surface area (TPSA) is 116 Å². The molecule has 0 aliphatic rings. The number of nitrogens with zero attached hydrogens (tertiary/aromatic N) is 2. The van der Waals surface area contributed by atoms with Gasteiger partial charge in [-0.25, -0.2) is 0 Å². The van der Waals surface area contributed by atoms with Crippen LogP contribution >= 0.6 is 0 Å². The van der Waals surface area contributed by atoms with Crippen LogP contribution in [0.4, 0.5) is 0 Å². The third-order valence-corrected chi connectivity index (χ3v) is 5.08. The maximum atomic E-state index is 12.3. The molecule has 0 saturated heterocycles. The number of amides is 2. The molecule has 3 rings (SSSR count). The summed E-state index contributed by atoms with van der Waals surface area (Å²) in [5.41, 5.74) is 6.00. The molecule has 1 heterocycles. The van der Waals surface area contributed by atoms with Crippen molar-refractivity contribution in [3.8, 4) is 22.9 Å². The highest BCUT2D eigenvalue weighted by atomic mass is 16.5. The van der Waals surface area contributed by atoms with Gasteiger partial charge in [0.2, 0.25) is 17.6 Å². The third-order valence-electron chi connectivity index (χ3n) is 5.08. The van der Waals surface area contributed by atoms with Crippen LogP contribution in [0.3, 0.4) is 0 Å². The summed E-state index contributed by atoms with van der Waals surface area (Å²) in [5.74, 6) is 1.42. The van der Waals surface area contributed by atoms with E-state index in [1.54, 1.807) is 43.5 Å². The average Bonchev–Trinajstić information content (AvgIpc) is 3.35. The van der Waals surface area contributed by atoms with Gasteiger partial charge >= 0.3 is 0 Å². The molecule has 0 saturated carbocycles. The molecule has 1 aromatic heterocycles. The zero-order valence-corrected chi connectivity index (χ0v) is 19.5. The lowest BCUT2D eigenvalue weighted by Gasteiger charge is -2.08. The number of aryl methyl sites for hydroxylation is 1. The summed E-state index contributed by atoms with van der Waals surface area (Å²) < 4.78 is 16.0. The predicted molar refractivity (Wildman–Crippen MR) is 126 cm³/mol. The summed E-state index contributed by atoms with van der Waals surface area (Å²) in [5, 5.41) is 3.93. The van der Waals surface area contributed by atoms with Gasteiger partial charge < -0.3 is 14.0 Å². The van der Waals surface area contributed by atoms with Gasteiger partial charge in [-0.2, -0.15) is 4.98 Å². The van der Waals surface area contributed by atoms with E-state index in [1.165, 1.54) is 12.8 Å². The number of ether oxygens (including phenoxy) is 2. The van der Waals surface area contributed by atoms with E-state index in [2.05, 4.69) is 27.9 Å². The highest BCUT2D eigenvalue weighted by Crippen LogP contribution is 2.20. The molecule has 0 fully saturated rings. The van der Waals surface area contributed by atoms with Crippen LogP contribution in [0.25, 0.3) is 11.4 Å². The van der Waals surface area contributed by atoms with Crippen LogP contribution in [-0.4, -0.2) is 35.7 Å². The summed E-state index contributed by atoms with van der Waals surface area (Å²) in [6.45, 7) is 2.82. The Morgan fingerprint density at radius 2 is 1.68 bits per heavy atom. The highest BCUT2D eigenvalue weighted by molar-refractivity contribution is 5.95. The van der Waals surface area contributed by atoms with Crippen LogP contribution in [0.5, 0.6) is 11.5 Å². The van der Waals surface area contributed by atoms with Crippen molar-refractivity contribution in [1.82, 2.24) is 21.0 Å². The maximum absolute atomic E-state index is 12.3. The second-order valence-electron chi connectivity index (χ2n) is 7.68. The number of aromatic nitrogens is 2. The molecule has 9 heteroatoms. The van der Waals surface area contributed by atoms with E-state index in [1.807, 2.05) is 12.1 Å². The van der Waals surface area contributed by atoms with Crippen molar-refractivity contribution in [2.24, 2.45) is 0 Å². The Hall–Kier alpha value is -3.88. The highest BCUT2D eigenvalue weighted by Gasteiger charge is 2.12. The number of hydrogen-bond donors (Lipinski definition) is 2. The number of rotatable bonds is 12. The Bertz CT molecular complexity index is 1050. The molecule has 2 amide bonds. The van der Waals surface area contributed by atoms with Gasteiger partial charge in [-0.3, -0.25) is 20.4 Å². The molecule has 3 aromatic rings. The van der Waals surface area contributed by atoms with Crippen molar-refractivity contribution < 1.29 is 23.6 Å². The number of methoxy groups -OCH3 is 1. The molecule has 9 nitrogen and oxygen atoms in total. The van der Waals surface area contributed by atoms with E-state index in [4.69, 9.17) is 14.0 Å². The number of hydrogen-bond acceptors (Lipinski definition) is 7. The van der Waals surface area contributed by atoms with Gasteiger partial charge in [0.05, 0.1) is 13.7 Å². The Kier molecular flexibility index (Phi) is 9.45. The molecular formula is C25H30N4O5. The van der Waals surface area contributed by atoms with E-state index in [0.717, 1.165) is 24.2 Å². The van der Waals surface area contributed by atoms with Crippen molar-refractivity contribution in [2.45, 2.75) is 45.4 Å². The number of unbranched alkanes of at least 4 members (excludes halogenated alkanes) is 3. The van der Waals surface area contributed by atoms with Gasteiger partial charge in [0.15, 0.2) is 0 Å². The minimum atomic E-state index is -0.414. The van der Waals surface area contributed by atoms with Crippen LogP contribution in [0.15, 0.2) is 53.1 Å². The van der Waals surface area contributed by atoms with Gasteiger partial charge in [-0.05, 0) is 55.0 Å². The van der Waals surface area contributed by atoms with Gasteiger partial charge in [0.1, 0.15) is 11.5 Å². The average molecular weight is 467 g/mol. The fourth-order valence-electron chi connectivity index (χ4n) is 3.12. The molecule has 0 unspecified atom stereocenters. The molecule has 0 aliphatic heterocycles. The molecular weight excluding hydrogens is 436 g/mol. The lowest BCUT2D eigenvalue weighted by Crippen LogP contribution is -2.41. The molecule has 0 radical (unpaired) electrons. The van der Waals surface area contributed by atoms with Gasteiger partial charge in [0.25, 0.3) is 5.91 Å². The van der Waals surface area contributed by atoms with Crippen molar-refractivity contribution in [3.63, 3.8) is 0 Å². The smallest absolute Gasteiger partial charge is 0.269 e. The molecule has 0 atom stereocenters. The molecule has 2 N–H and O–H groups in total. The maximum Gasteiger partial charge on any atom is 0.269 e. The zero-order chi connectivity index (χ0) is 24.2. The van der Waals surface area contributed by atoms with E-state index in [9.17, 15) is 9.59 Å². The number of carbonyl (C=O) groups is 2. The monoisotopic (exact) mass is 466 g/mol. The Labute approximate surface area is 198 Å². The second-order valence-corrected chi connectivity index (χ2v) is 7.68. The quantitative estimate of drug-likeness (QED) is 0.305. The summed E-state index contributed by atoms with van der Waals surface area (Å²) in [4.78, 5) is 28.7. The zero-order valence-electron chi connectivity index (χ0n) is 19.5. The minimum Gasteiger partial charge on any atom is -0.497 e. The van der Waals surface area contributed by atoms with Gasteiger partial charge in [0, 0.05) is 24.0 Å². The van der Waals surface area contributed by atoms with Crippen LogP contribution in [0.1, 0.15) is 55.3 Å². The predicted octanol–water partition coefficient (Wildman–Crippen LogP) is 4.10. The summed E-state index contributed by atoms with van der Waals surface area (Å²) >= 11 is 0. The molecule has 0 aliphatic carbocycles. The standard InChI is InChI=1S/C25H30N4O5/c1-3-4-5-6-17-33-21-13-9-19(10-14-21)25(31)28-27-22(30)15-16-23-26-24(29-34-23)18-7-11-20(32-2)12-8-18/h7-14H,3-6,15-17H2,1-2H3,(H,27,30)(H,28,31). The molecule has 180 valence electrons. The van der Waals surface area contributed by atoms with Crippen LogP contribution in [0.2, 0.25) is 0 Å². The van der Waals surface area contributed by atoms with Crippen molar-refractivity contribution in [3.05, 3.63) is 60.0 Å². The van der Waals surface area contributed by atoms with Crippen LogP contribution in [0, 0.1) is 0 Å². The third kappa shape index (κ3) is 7.61. The van der Waals surface area contributed by atoms with Gasteiger partial charge in [-0.15, -0.1) is 0 Å². The number of nitrogens with one attached hydrogen (secondary N) is 2. The molecule has 34 heavy (non-hydrogen) atoms. The fourth-order valence-corrected chi connectivity index (χ4v) is 3.12. The lowest BCUT2D eigenvalue weighted by molar-refractivity contribution is -0.121. The minimum absolute atomic E-state index is 0.0787. The summed E-state index contributed by atoms with van der Waals surface area (Å²) in [7, 11) is 1.59. The molecule has 2 aromatic carbocycles. The number of hydrazine groups is 1. The van der Waals surface area contributed by atoms with Crippen molar-refractivity contribution >= 4 is 11.8 Å². The Balaban J connectivity index is 1.38. The van der Waals surface area contributed by atoms with Crippen molar-refractivity contribution in [2.75, 3.05) is 13.7 Å². The Morgan fingerprint density at radius 3 is 2.38 bits per heavy atom. The first kappa shape index (κ1) is 24.8. The second kappa shape index (κ2) is 13.0. The SMILES string of the molecule is CCCCCCOc1ccc(C(=O)NNC(=O)CCc2nc(-c3ccc(OC)cc3)no2)cc1. The van der Waals surface area contributed by atoms with Gasteiger partial charge in [-0.1, -0.05) is 31.3 Å². The summed E-state index contributed by atoms with van der Waals surface area (Å²) in [6.07, 6.45) is 4.86. The van der Waals surface area contributed by atoms with E-state index >= 15 is 0 Å². The molecule has 0 spiro atoms. The van der Waals surface area contributed by atoms with E-state index in [0.29, 0.717) is 29.6 Å². The normalized spacial score (nSPS) is 10.5. The first-order chi connectivity index (χ1) is 16.6. The number of benzene rings is 2. The fraction of sp³-hybridized carbons (Fsp3) is 0.360. The lowest BCUT2D eigenvalue weighted by atomic mass is 10.2. The van der Waals surface area contributed by atoms with Crippen LogP contribution in [-0.2, 0) is 11.2 Å². The van der Waals surface area contributed by atoms with Crippen LogP contribution < -0.4 is 20.3 Å². The number of carbonyl (C=O) groups excluding carboxylic acids is 2. The van der Waals surface area contributed by atoms with Crippen molar-refractivity contribution in [1.29, 1.82) is 0 Å². The van der Waals surface area contributed by atoms with E-state index < -0.39 is 5.91 Å². The van der Waals surface area contributed by atoms with E-state index in [-0.39, 0.29) is 18.7 Å². The summed E-state index contributed by atoms with van der Waals surface area (Å²) in [6, 6.07) is 14.0. The first-order valence-electron chi connectivity index (χ1n) is 11.4. The Morgan fingerprint density at radius 1 is 0.941 bits per heavy atom. The first-order valence-corrected chi connectivity index (χ1v) is 11.4.